The summed E-state index contributed by atoms with van der Waals surface area (Å²) >= 11 is 3.00. The van der Waals surface area contributed by atoms with Gasteiger partial charge >= 0.3 is 0 Å². The van der Waals surface area contributed by atoms with Gasteiger partial charge in [0.2, 0.25) is 5.91 Å². The van der Waals surface area contributed by atoms with Crippen LogP contribution in [0, 0.1) is 12.7 Å². The van der Waals surface area contributed by atoms with Crippen LogP contribution in [-0.2, 0) is 11.3 Å². The Hall–Kier alpha value is -2.71. The van der Waals surface area contributed by atoms with Crippen molar-refractivity contribution < 1.29 is 9.18 Å². The zero-order chi connectivity index (χ0) is 20.9. The number of hydrogen-bond acceptors (Lipinski definition) is 5. The van der Waals surface area contributed by atoms with E-state index < -0.39 is 0 Å². The number of rotatable bonds is 8. The minimum atomic E-state index is -0.304. The fourth-order valence-electron chi connectivity index (χ4n) is 2.99. The van der Waals surface area contributed by atoms with Crippen molar-refractivity contribution in [3.05, 3.63) is 72.3 Å². The van der Waals surface area contributed by atoms with Gasteiger partial charge in [0.25, 0.3) is 0 Å². The second-order valence-corrected chi connectivity index (χ2v) is 9.01. The van der Waals surface area contributed by atoms with Crippen molar-refractivity contribution in [1.29, 1.82) is 0 Å². The van der Waals surface area contributed by atoms with Gasteiger partial charge in [0.1, 0.15) is 5.82 Å². The van der Waals surface area contributed by atoms with E-state index in [0.717, 1.165) is 9.60 Å². The molecule has 4 rings (SSSR count). The summed E-state index contributed by atoms with van der Waals surface area (Å²) in [7, 11) is 0. The minimum absolute atomic E-state index is 0.00120. The Balaban J connectivity index is 1.47. The Kier molecular flexibility index (Phi) is 6.44. The number of thioether (sulfide) groups is 1. The molecule has 154 valence electrons. The van der Waals surface area contributed by atoms with Crippen LogP contribution < -0.4 is 4.90 Å². The van der Waals surface area contributed by atoms with E-state index in [4.69, 9.17) is 0 Å². The van der Waals surface area contributed by atoms with E-state index in [9.17, 15) is 9.18 Å². The van der Waals surface area contributed by atoms with E-state index in [1.165, 1.54) is 29.0 Å². The fourth-order valence-corrected chi connectivity index (χ4v) is 4.86. The molecule has 0 saturated heterocycles. The molecule has 0 atom stereocenters. The molecule has 0 radical (unpaired) electrons. The highest BCUT2D eigenvalue weighted by molar-refractivity contribution is 7.99. The number of aryl methyl sites for hydroxylation is 1. The van der Waals surface area contributed by atoms with Gasteiger partial charge in [-0.25, -0.2) is 9.37 Å². The Labute approximate surface area is 182 Å². The Morgan fingerprint density at radius 2 is 2.07 bits per heavy atom. The maximum absolute atomic E-state index is 13.6. The van der Waals surface area contributed by atoms with E-state index in [2.05, 4.69) is 41.3 Å². The average molecular weight is 441 g/mol. The number of anilines is 1. The third kappa shape index (κ3) is 5.06. The van der Waals surface area contributed by atoms with Crippen LogP contribution in [0.25, 0.3) is 10.2 Å². The lowest BCUT2D eigenvalue weighted by atomic mass is 10.2. The molecular weight excluding hydrogens is 419 g/mol. The molecule has 0 aliphatic rings. The monoisotopic (exact) mass is 440 g/mol. The number of carbonyl (C=O) groups is 1. The largest absolute Gasteiger partial charge is 0.286 e. The molecule has 8 heteroatoms. The highest BCUT2D eigenvalue weighted by Gasteiger charge is 2.20. The number of fused-ring (bicyclic) bond motifs is 1. The molecule has 0 bridgehead atoms. The van der Waals surface area contributed by atoms with Crippen molar-refractivity contribution >= 4 is 44.4 Å². The maximum atomic E-state index is 13.6. The lowest BCUT2D eigenvalue weighted by molar-refractivity contribution is -0.118. The van der Waals surface area contributed by atoms with Crippen LogP contribution in [0.5, 0.6) is 0 Å². The lowest BCUT2D eigenvalue weighted by Gasteiger charge is -2.20. The third-order valence-electron chi connectivity index (χ3n) is 4.59. The smallest absolute Gasteiger partial charge is 0.229 e. The summed E-state index contributed by atoms with van der Waals surface area (Å²) in [5, 5.41) is 4.80. The number of halogens is 1. The first-order chi connectivity index (χ1) is 14.6. The van der Waals surface area contributed by atoms with Crippen LogP contribution in [0.3, 0.4) is 0 Å². The molecule has 0 unspecified atom stereocenters. The number of hydrogen-bond donors (Lipinski definition) is 0. The second-order valence-electron chi connectivity index (χ2n) is 6.83. The molecule has 30 heavy (non-hydrogen) atoms. The first kappa shape index (κ1) is 20.6. The van der Waals surface area contributed by atoms with E-state index in [1.807, 2.05) is 12.3 Å². The minimum Gasteiger partial charge on any atom is -0.286 e. The Bertz CT molecular complexity index is 1130. The van der Waals surface area contributed by atoms with Crippen LogP contribution in [0.1, 0.15) is 12.0 Å². The molecule has 1 amide bonds. The van der Waals surface area contributed by atoms with Gasteiger partial charge in [-0.2, -0.15) is 5.10 Å². The van der Waals surface area contributed by atoms with Gasteiger partial charge in [-0.1, -0.05) is 29.0 Å². The molecule has 4 aromatic rings. The molecule has 2 aromatic carbocycles. The maximum Gasteiger partial charge on any atom is 0.229 e. The molecule has 2 aromatic heterocycles. The highest BCUT2D eigenvalue weighted by Crippen LogP contribution is 2.30. The Morgan fingerprint density at radius 3 is 2.83 bits per heavy atom. The number of nitrogens with zero attached hydrogens (tertiary/aromatic N) is 4. The van der Waals surface area contributed by atoms with Crippen molar-refractivity contribution in [2.24, 2.45) is 0 Å². The van der Waals surface area contributed by atoms with Gasteiger partial charge in [0.05, 0.1) is 16.8 Å². The summed E-state index contributed by atoms with van der Waals surface area (Å²) in [4.78, 5) is 20.5. The first-order valence-corrected chi connectivity index (χ1v) is 11.4. The van der Waals surface area contributed by atoms with Gasteiger partial charge in [0, 0.05) is 36.0 Å². The first-order valence-electron chi connectivity index (χ1n) is 9.62. The van der Waals surface area contributed by atoms with Crippen molar-refractivity contribution in [3.63, 3.8) is 0 Å². The summed E-state index contributed by atoms with van der Waals surface area (Å²) in [5.74, 6) is 0.377. The molecule has 0 aliphatic heterocycles. The predicted molar refractivity (Wildman–Crippen MR) is 121 cm³/mol. The van der Waals surface area contributed by atoms with E-state index >= 15 is 0 Å². The molecule has 5 nitrogen and oxygen atoms in total. The molecule has 0 fully saturated rings. The molecule has 0 spiro atoms. The van der Waals surface area contributed by atoms with Gasteiger partial charge in [-0.15, -0.1) is 11.8 Å². The quantitative estimate of drug-likeness (QED) is 0.355. The van der Waals surface area contributed by atoms with Crippen LogP contribution >= 0.6 is 23.1 Å². The second kappa shape index (κ2) is 9.40. The van der Waals surface area contributed by atoms with E-state index in [1.54, 1.807) is 33.6 Å². The van der Waals surface area contributed by atoms with Crippen LogP contribution in [0.4, 0.5) is 9.52 Å². The van der Waals surface area contributed by atoms with Crippen molar-refractivity contribution in [2.75, 3.05) is 17.2 Å². The number of amides is 1. The van der Waals surface area contributed by atoms with Gasteiger partial charge in [0.15, 0.2) is 5.13 Å². The van der Waals surface area contributed by atoms with Crippen LogP contribution in [-0.4, -0.2) is 33.0 Å². The predicted octanol–water partition coefficient (Wildman–Crippen LogP) is 5.16. The zero-order valence-electron chi connectivity index (χ0n) is 16.5. The summed E-state index contributed by atoms with van der Waals surface area (Å²) < 4.78 is 16.1. The topological polar surface area (TPSA) is 51.0 Å². The summed E-state index contributed by atoms with van der Waals surface area (Å²) in [6.45, 7) is 3.07. The van der Waals surface area contributed by atoms with Crippen LogP contribution in [0.15, 0.2) is 65.8 Å². The molecule has 0 aliphatic carbocycles. The summed E-state index contributed by atoms with van der Waals surface area (Å²) in [5.41, 5.74) is 1.91. The fraction of sp³-hybridized carbons (Fsp3) is 0.227. The molecule has 0 saturated carbocycles. The summed E-state index contributed by atoms with van der Waals surface area (Å²) in [6, 6.07) is 14.6. The average Bonchev–Trinajstić information content (AvgIpc) is 3.39. The normalized spacial score (nSPS) is 11.1. The Morgan fingerprint density at radius 1 is 1.23 bits per heavy atom. The highest BCUT2D eigenvalue weighted by atomic mass is 32.2. The van der Waals surface area contributed by atoms with E-state index in [0.29, 0.717) is 35.9 Å². The van der Waals surface area contributed by atoms with Crippen LogP contribution in [0.2, 0.25) is 0 Å². The number of thiazole rings is 1. The molecule has 2 heterocycles. The summed E-state index contributed by atoms with van der Waals surface area (Å²) in [6.07, 6.45) is 3.97. The zero-order valence-corrected chi connectivity index (χ0v) is 18.1. The lowest BCUT2D eigenvalue weighted by Crippen LogP contribution is -2.34. The SMILES string of the molecule is Cc1ccc(SCCC(=O)N(CCn2cccn2)c2nc3ccc(F)cc3s2)cc1. The number of benzene rings is 2. The van der Waals surface area contributed by atoms with E-state index in [-0.39, 0.29) is 11.7 Å². The number of aromatic nitrogens is 3. The van der Waals surface area contributed by atoms with Gasteiger partial charge in [-0.05, 0) is 43.3 Å². The number of carbonyl (C=O) groups excluding carboxylic acids is 1. The van der Waals surface area contributed by atoms with Crippen molar-refractivity contribution in [2.45, 2.75) is 24.8 Å². The standard InChI is InChI=1S/C22H21FN4OS2/c1-16-3-6-18(7-4-16)29-14-9-21(28)27(13-12-26-11-2-10-24-26)22-25-19-8-5-17(23)15-20(19)30-22/h2-8,10-11,15H,9,12-14H2,1H3. The molecular formula is C22H21FN4OS2. The van der Waals surface area contributed by atoms with Crippen molar-refractivity contribution in [1.82, 2.24) is 14.8 Å². The molecule has 0 N–H and O–H groups in total. The van der Waals surface area contributed by atoms with Gasteiger partial charge in [-0.3, -0.25) is 14.4 Å². The third-order valence-corrected chi connectivity index (χ3v) is 6.64. The van der Waals surface area contributed by atoms with Gasteiger partial charge < -0.3 is 0 Å². The van der Waals surface area contributed by atoms with Crippen molar-refractivity contribution in [3.8, 4) is 0 Å².